The van der Waals surface area contributed by atoms with Crippen molar-refractivity contribution in [2.45, 2.75) is 6.92 Å². The maximum absolute atomic E-state index is 8.89. The Morgan fingerprint density at radius 1 is 1.80 bits per heavy atom. The van der Waals surface area contributed by atoms with Gasteiger partial charge in [-0.3, -0.25) is 0 Å². The van der Waals surface area contributed by atoms with Crippen LogP contribution in [0.15, 0.2) is 0 Å². The third kappa shape index (κ3) is 205. The Morgan fingerprint density at radius 2 is 1.80 bits per heavy atom. The molecule has 0 heterocycles. The van der Waals surface area contributed by atoms with Gasteiger partial charge in [0.2, 0.25) is 0 Å². The van der Waals surface area contributed by atoms with E-state index in [1.165, 1.54) is 0 Å². The van der Waals surface area contributed by atoms with E-state index in [-0.39, 0.29) is 25.8 Å². The van der Waals surface area contributed by atoms with E-state index in [4.69, 9.17) is 9.90 Å². The Kier molecular flexibility index (Phi) is 7.83. The monoisotopic (exact) mass is 174 g/mol. The molecule has 0 amide bonds. The summed E-state index contributed by atoms with van der Waals surface area (Å²) in [7, 11) is 0. The first-order valence-corrected chi connectivity index (χ1v) is 0.908. The summed E-state index contributed by atoms with van der Waals surface area (Å²) in [5, 5.41) is 8.89. The molecular formula is C2H3InO2+2. The molecule has 2 nitrogen and oxygen atoms in total. The van der Waals surface area contributed by atoms with Crippen molar-refractivity contribution in [3.63, 3.8) is 0 Å². The molecule has 0 aliphatic heterocycles. The maximum Gasteiger partial charge on any atom is 3.00 e. The molecule has 0 atom stereocenters. The van der Waals surface area contributed by atoms with Crippen molar-refractivity contribution in [1.82, 2.24) is 0 Å². The van der Waals surface area contributed by atoms with Crippen LogP contribution in [0, 0.1) is 0 Å². The summed E-state index contributed by atoms with van der Waals surface area (Å²) in [4.78, 5) is 8.89. The second kappa shape index (κ2) is 4.34. The number of hydrogen-bond acceptors (Lipinski definition) is 2. The molecule has 0 unspecified atom stereocenters. The molecule has 5 heavy (non-hydrogen) atoms. The molecule has 0 spiro atoms. The molecule has 0 saturated carbocycles. The fraction of sp³-hybridized carbons (Fsp3) is 0.500. The Hall–Kier alpha value is 0.340. The summed E-state index contributed by atoms with van der Waals surface area (Å²) in [6.45, 7) is 0.972. The number of carboxylic acid groups (broad SMARTS) is 1. The van der Waals surface area contributed by atoms with Crippen molar-refractivity contribution in [3.05, 3.63) is 0 Å². The van der Waals surface area contributed by atoms with Crippen molar-refractivity contribution in [3.8, 4) is 0 Å². The van der Waals surface area contributed by atoms with Crippen LogP contribution in [-0.4, -0.2) is 31.8 Å². The molecule has 0 saturated heterocycles. The van der Waals surface area contributed by atoms with Gasteiger partial charge in [-0.15, -0.1) is 0 Å². The van der Waals surface area contributed by atoms with E-state index in [0.29, 0.717) is 0 Å². The number of carbonyl (C=O) groups is 1. The zero-order chi connectivity index (χ0) is 3.58. The van der Waals surface area contributed by atoms with Gasteiger partial charge in [0.25, 0.3) is 0 Å². The maximum atomic E-state index is 8.89. The van der Waals surface area contributed by atoms with Crippen molar-refractivity contribution < 1.29 is 9.90 Å². The Labute approximate surface area is 49.0 Å². The van der Waals surface area contributed by atoms with Gasteiger partial charge in [0.1, 0.15) is 0 Å². The molecule has 0 fully saturated rings. The van der Waals surface area contributed by atoms with Crippen LogP contribution < -0.4 is 5.11 Å². The standard InChI is InChI=1S/C2H4O2.In/c1-2(3)4;/h1H3,(H,3,4);/q;+3/p-1. The van der Waals surface area contributed by atoms with E-state index >= 15 is 0 Å². The molecule has 0 N–H and O–H groups in total. The van der Waals surface area contributed by atoms with E-state index in [1.54, 1.807) is 0 Å². The Bertz CT molecular complexity index is 30.6. The van der Waals surface area contributed by atoms with Gasteiger partial charge in [-0.1, -0.05) is 0 Å². The fourth-order valence-corrected chi connectivity index (χ4v) is 0. The number of hydrogen-bond donors (Lipinski definition) is 0. The first kappa shape index (κ1) is 9.02. The third-order valence-corrected chi connectivity index (χ3v) is 0. The molecule has 0 aliphatic rings. The van der Waals surface area contributed by atoms with E-state index in [9.17, 15) is 0 Å². The van der Waals surface area contributed by atoms with Crippen LogP contribution in [0.2, 0.25) is 0 Å². The van der Waals surface area contributed by atoms with Crippen molar-refractivity contribution >= 4 is 31.8 Å². The second-order valence-electron chi connectivity index (χ2n) is 0.492. The van der Waals surface area contributed by atoms with Crippen molar-refractivity contribution in [1.29, 1.82) is 0 Å². The molecule has 3 heteroatoms. The summed E-state index contributed by atoms with van der Waals surface area (Å²) < 4.78 is 0. The van der Waals surface area contributed by atoms with Gasteiger partial charge in [0.15, 0.2) is 0 Å². The van der Waals surface area contributed by atoms with Gasteiger partial charge in [-0.05, 0) is 6.92 Å². The summed E-state index contributed by atoms with van der Waals surface area (Å²) in [5.74, 6) is -1.08. The molecule has 0 radical (unpaired) electrons. The molecule has 0 rings (SSSR count). The van der Waals surface area contributed by atoms with E-state index in [1.807, 2.05) is 0 Å². The molecular weight excluding hydrogens is 171 g/mol. The minimum Gasteiger partial charge on any atom is -0.550 e. The summed E-state index contributed by atoms with van der Waals surface area (Å²) >= 11 is 0. The average molecular weight is 174 g/mol. The predicted molar refractivity (Wildman–Crippen MR) is 16.4 cm³/mol. The zero-order valence-electron chi connectivity index (χ0n) is 2.89. The van der Waals surface area contributed by atoms with Gasteiger partial charge in [-0.2, -0.15) is 0 Å². The van der Waals surface area contributed by atoms with E-state index in [2.05, 4.69) is 0 Å². The Balaban J connectivity index is 0. The normalized spacial score (nSPS) is 5.00. The fourth-order valence-electron chi connectivity index (χ4n) is 0. The summed E-state index contributed by atoms with van der Waals surface area (Å²) in [6.07, 6.45) is 0. The van der Waals surface area contributed by atoms with E-state index in [0.717, 1.165) is 6.92 Å². The minimum atomic E-state index is -1.08. The molecule has 24 valence electrons. The molecule has 0 aromatic carbocycles. The van der Waals surface area contributed by atoms with E-state index < -0.39 is 5.97 Å². The summed E-state index contributed by atoms with van der Waals surface area (Å²) in [5.41, 5.74) is 0. The van der Waals surface area contributed by atoms with Crippen molar-refractivity contribution in [2.75, 3.05) is 0 Å². The van der Waals surface area contributed by atoms with Crippen LogP contribution in [0.4, 0.5) is 0 Å². The first-order chi connectivity index (χ1) is 1.73. The number of carbonyl (C=O) groups excluding carboxylic acids is 1. The molecule has 0 aliphatic carbocycles. The number of rotatable bonds is 0. The van der Waals surface area contributed by atoms with Crippen LogP contribution >= 0.6 is 0 Å². The van der Waals surface area contributed by atoms with Crippen LogP contribution in [0.5, 0.6) is 0 Å². The third-order valence-electron chi connectivity index (χ3n) is 0. The van der Waals surface area contributed by atoms with Gasteiger partial charge >= 0.3 is 25.8 Å². The topological polar surface area (TPSA) is 40.1 Å². The quantitative estimate of drug-likeness (QED) is 0.442. The van der Waals surface area contributed by atoms with Crippen molar-refractivity contribution in [2.24, 2.45) is 0 Å². The second-order valence-corrected chi connectivity index (χ2v) is 0.492. The van der Waals surface area contributed by atoms with Crippen LogP contribution in [0.25, 0.3) is 0 Å². The minimum absolute atomic E-state index is 0. The zero-order valence-corrected chi connectivity index (χ0v) is 6.19. The predicted octanol–water partition coefficient (Wildman–Crippen LogP) is -1.62. The SMILES string of the molecule is CC(=O)[O-].[In+3]. The Morgan fingerprint density at radius 3 is 1.80 bits per heavy atom. The number of aliphatic carboxylic acids is 1. The van der Waals surface area contributed by atoms with Crippen LogP contribution in [-0.2, 0) is 4.79 Å². The smallest absolute Gasteiger partial charge is 0.550 e. The van der Waals surface area contributed by atoms with Crippen LogP contribution in [0.1, 0.15) is 6.92 Å². The molecule has 0 bridgehead atoms. The molecule has 0 aromatic rings. The average Bonchev–Trinajstić information content (AvgIpc) is 0.811. The largest absolute Gasteiger partial charge is 3.00 e. The van der Waals surface area contributed by atoms with Gasteiger partial charge in [0, 0.05) is 5.97 Å². The first-order valence-electron chi connectivity index (χ1n) is 0.908. The van der Waals surface area contributed by atoms with Crippen LogP contribution in [0.3, 0.4) is 0 Å². The summed E-state index contributed by atoms with van der Waals surface area (Å²) in [6, 6.07) is 0. The molecule has 0 aromatic heterocycles. The van der Waals surface area contributed by atoms with Gasteiger partial charge < -0.3 is 9.90 Å². The number of carboxylic acids is 1. The van der Waals surface area contributed by atoms with Gasteiger partial charge in [0.05, 0.1) is 0 Å². The van der Waals surface area contributed by atoms with Gasteiger partial charge in [-0.25, -0.2) is 0 Å².